The molecule has 3 heteroatoms. The van der Waals surface area contributed by atoms with Crippen molar-refractivity contribution in [1.29, 1.82) is 0 Å². The van der Waals surface area contributed by atoms with Gasteiger partial charge < -0.3 is 10.5 Å². The van der Waals surface area contributed by atoms with Gasteiger partial charge in [-0.15, -0.1) is 0 Å². The summed E-state index contributed by atoms with van der Waals surface area (Å²) in [6.07, 6.45) is 1.69. The summed E-state index contributed by atoms with van der Waals surface area (Å²) in [6, 6.07) is 11.8. The molecule has 1 aromatic carbocycles. The number of hydrogen-bond acceptors (Lipinski definition) is 3. The number of pyridine rings is 1. The van der Waals surface area contributed by atoms with E-state index in [-0.39, 0.29) is 0 Å². The van der Waals surface area contributed by atoms with Crippen molar-refractivity contribution in [1.82, 2.24) is 4.98 Å². The van der Waals surface area contributed by atoms with Crippen molar-refractivity contribution < 1.29 is 4.74 Å². The van der Waals surface area contributed by atoms with Crippen LogP contribution >= 0.6 is 0 Å². The zero-order chi connectivity index (χ0) is 10.7. The van der Waals surface area contributed by atoms with Crippen LogP contribution in [0, 0.1) is 0 Å². The number of aromatic nitrogens is 1. The zero-order valence-electron chi connectivity index (χ0n) is 8.47. The Labute approximate surface area is 88.5 Å². The van der Waals surface area contributed by atoms with Crippen LogP contribution in [0.25, 0.3) is 11.1 Å². The molecule has 0 fully saturated rings. The number of nitrogens with zero attached hydrogens (tertiary/aromatic N) is 1. The highest BCUT2D eigenvalue weighted by molar-refractivity contribution is 5.78. The summed E-state index contributed by atoms with van der Waals surface area (Å²) in [4.78, 5) is 4.04. The molecule has 0 saturated heterocycles. The third-order valence-corrected chi connectivity index (χ3v) is 2.23. The molecule has 0 unspecified atom stereocenters. The molecule has 0 aliphatic rings. The lowest BCUT2D eigenvalue weighted by molar-refractivity contribution is 0.400. The van der Waals surface area contributed by atoms with Gasteiger partial charge in [0, 0.05) is 11.8 Å². The van der Waals surface area contributed by atoms with Crippen molar-refractivity contribution in [2.75, 3.05) is 12.8 Å². The monoisotopic (exact) mass is 200 g/mol. The highest BCUT2D eigenvalue weighted by atomic mass is 16.5. The summed E-state index contributed by atoms with van der Waals surface area (Å²) in [5.41, 5.74) is 8.53. The number of methoxy groups -OCH3 is 1. The predicted octanol–water partition coefficient (Wildman–Crippen LogP) is 2.34. The highest BCUT2D eigenvalue weighted by Crippen LogP contribution is 2.30. The van der Waals surface area contributed by atoms with Gasteiger partial charge in [0.15, 0.2) is 0 Å². The Hall–Kier alpha value is -2.03. The smallest absolute Gasteiger partial charge is 0.237 e. The van der Waals surface area contributed by atoms with Gasteiger partial charge in [0.25, 0.3) is 0 Å². The normalized spacial score (nSPS) is 9.93. The van der Waals surface area contributed by atoms with E-state index in [1.165, 1.54) is 0 Å². The Balaban J connectivity index is 2.54. The van der Waals surface area contributed by atoms with E-state index < -0.39 is 0 Å². The SMILES string of the molecule is COc1nccc(-c2ccccc2)c1N. The average molecular weight is 200 g/mol. The molecule has 0 atom stereocenters. The lowest BCUT2D eigenvalue weighted by atomic mass is 10.1. The highest BCUT2D eigenvalue weighted by Gasteiger charge is 2.07. The molecular weight excluding hydrogens is 188 g/mol. The van der Waals surface area contributed by atoms with Gasteiger partial charge in [-0.2, -0.15) is 0 Å². The summed E-state index contributed by atoms with van der Waals surface area (Å²) in [5.74, 6) is 0.469. The van der Waals surface area contributed by atoms with Gasteiger partial charge in [0.1, 0.15) is 5.69 Å². The third-order valence-electron chi connectivity index (χ3n) is 2.23. The topological polar surface area (TPSA) is 48.1 Å². The van der Waals surface area contributed by atoms with Gasteiger partial charge in [-0.3, -0.25) is 0 Å². The minimum absolute atomic E-state index is 0.469. The molecule has 2 aromatic rings. The van der Waals surface area contributed by atoms with Gasteiger partial charge in [-0.05, 0) is 11.6 Å². The first-order valence-electron chi connectivity index (χ1n) is 4.67. The van der Waals surface area contributed by atoms with Crippen molar-refractivity contribution >= 4 is 5.69 Å². The molecule has 1 heterocycles. The van der Waals surface area contributed by atoms with Crippen LogP contribution in [0.2, 0.25) is 0 Å². The van der Waals surface area contributed by atoms with Crippen LogP contribution in [0.5, 0.6) is 5.88 Å². The molecule has 0 radical (unpaired) electrons. The summed E-state index contributed by atoms with van der Waals surface area (Å²) in [5, 5.41) is 0. The van der Waals surface area contributed by atoms with Crippen LogP contribution in [0.4, 0.5) is 5.69 Å². The van der Waals surface area contributed by atoms with Crippen molar-refractivity contribution in [3.8, 4) is 17.0 Å². The quantitative estimate of drug-likeness (QED) is 0.809. The molecule has 0 bridgehead atoms. The van der Waals surface area contributed by atoms with E-state index in [1.54, 1.807) is 13.3 Å². The maximum Gasteiger partial charge on any atom is 0.237 e. The Morgan fingerprint density at radius 3 is 2.53 bits per heavy atom. The fraction of sp³-hybridized carbons (Fsp3) is 0.0833. The summed E-state index contributed by atoms with van der Waals surface area (Å²) >= 11 is 0. The second-order valence-corrected chi connectivity index (χ2v) is 3.15. The first-order valence-corrected chi connectivity index (χ1v) is 4.67. The Morgan fingerprint density at radius 2 is 1.87 bits per heavy atom. The zero-order valence-corrected chi connectivity index (χ0v) is 8.47. The molecule has 2 N–H and O–H groups in total. The number of benzene rings is 1. The molecule has 0 saturated carbocycles. The molecule has 0 aliphatic heterocycles. The van der Waals surface area contributed by atoms with E-state index in [0.29, 0.717) is 11.6 Å². The number of anilines is 1. The average Bonchev–Trinajstić information content (AvgIpc) is 2.30. The van der Waals surface area contributed by atoms with Gasteiger partial charge >= 0.3 is 0 Å². The van der Waals surface area contributed by atoms with Crippen LogP contribution in [0.3, 0.4) is 0 Å². The van der Waals surface area contributed by atoms with Crippen LogP contribution in [-0.4, -0.2) is 12.1 Å². The van der Waals surface area contributed by atoms with E-state index in [1.807, 2.05) is 36.4 Å². The Morgan fingerprint density at radius 1 is 1.13 bits per heavy atom. The van der Waals surface area contributed by atoms with E-state index in [2.05, 4.69) is 4.98 Å². The molecular formula is C12H12N2O. The molecule has 1 aromatic heterocycles. The number of rotatable bonds is 2. The minimum atomic E-state index is 0.469. The van der Waals surface area contributed by atoms with Crippen molar-refractivity contribution in [3.05, 3.63) is 42.6 Å². The molecule has 0 spiro atoms. The fourth-order valence-corrected chi connectivity index (χ4v) is 1.49. The fourth-order valence-electron chi connectivity index (χ4n) is 1.49. The van der Waals surface area contributed by atoms with Crippen molar-refractivity contribution in [2.24, 2.45) is 0 Å². The second kappa shape index (κ2) is 4.00. The van der Waals surface area contributed by atoms with Gasteiger partial charge in [-0.25, -0.2) is 4.98 Å². The first-order chi connectivity index (χ1) is 7.33. The Bertz CT molecular complexity index is 454. The van der Waals surface area contributed by atoms with E-state index in [0.717, 1.165) is 11.1 Å². The summed E-state index contributed by atoms with van der Waals surface area (Å²) in [6.45, 7) is 0. The number of hydrogen-bond donors (Lipinski definition) is 1. The Kier molecular flexibility index (Phi) is 2.54. The van der Waals surface area contributed by atoms with Crippen LogP contribution in [0.1, 0.15) is 0 Å². The molecule has 0 amide bonds. The standard InChI is InChI=1S/C12H12N2O/c1-15-12-11(13)10(7-8-14-12)9-5-3-2-4-6-9/h2-8H,13H2,1H3. The minimum Gasteiger partial charge on any atom is -0.480 e. The van der Waals surface area contributed by atoms with E-state index in [4.69, 9.17) is 10.5 Å². The van der Waals surface area contributed by atoms with Crippen LogP contribution in [-0.2, 0) is 0 Å². The maximum absolute atomic E-state index is 5.94. The largest absolute Gasteiger partial charge is 0.480 e. The van der Waals surface area contributed by atoms with Crippen LogP contribution < -0.4 is 10.5 Å². The summed E-state index contributed by atoms with van der Waals surface area (Å²) in [7, 11) is 1.56. The second-order valence-electron chi connectivity index (χ2n) is 3.15. The van der Waals surface area contributed by atoms with E-state index >= 15 is 0 Å². The van der Waals surface area contributed by atoms with E-state index in [9.17, 15) is 0 Å². The van der Waals surface area contributed by atoms with Crippen molar-refractivity contribution in [2.45, 2.75) is 0 Å². The molecule has 76 valence electrons. The maximum atomic E-state index is 5.94. The molecule has 2 rings (SSSR count). The summed E-state index contributed by atoms with van der Waals surface area (Å²) < 4.78 is 5.07. The molecule has 3 nitrogen and oxygen atoms in total. The van der Waals surface area contributed by atoms with Crippen molar-refractivity contribution in [3.63, 3.8) is 0 Å². The molecule has 15 heavy (non-hydrogen) atoms. The lowest BCUT2D eigenvalue weighted by Gasteiger charge is -2.08. The number of nitrogen functional groups attached to an aromatic ring is 1. The first kappa shape index (κ1) is 9.52. The number of ether oxygens (including phenoxy) is 1. The van der Waals surface area contributed by atoms with Gasteiger partial charge in [0.2, 0.25) is 5.88 Å². The lowest BCUT2D eigenvalue weighted by Crippen LogP contribution is -1.97. The van der Waals surface area contributed by atoms with Gasteiger partial charge in [-0.1, -0.05) is 30.3 Å². The third kappa shape index (κ3) is 1.76. The van der Waals surface area contributed by atoms with Crippen LogP contribution in [0.15, 0.2) is 42.6 Å². The number of nitrogens with two attached hydrogens (primary N) is 1. The predicted molar refractivity (Wildman–Crippen MR) is 60.6 cm³/mol. The van der Waals surface area contributed by atoms with Gasteiger partial charge in [0.05, 0.1) is 7.11 Å². The molecule has 0 aliphatic carbocycles.